The molecule has 3 aromatic rings. The molecule has 3 nitrogen and oxygen atoms in total. The van der Waals surface area contributed by atoms with Gasteiger partial charge in [0, 0.05) is 22.4 Å². The number of methoxy groups -OCH3 is 1. The van der Waals surface area contributed by atoms with E-state index in [4.69, 9.17) is 9.47 Å². The third-order valence-electron chi connectivity index (χ3n) is 5.97. The van der Waals surface area contributed by atoms with Gasteiger partial charge in [-0.05, 0) is 62.2 Å². The van der Waals surface area contributed by atoms with Crippen molar-refractivity contribution < 1.29 is 22.6 Å². The van der Waals surface area contributed by atoms with Crippen LogP contribution in [-0.2, 0) is 0 Å². The molecule has 0 radical (unpaired) electrons. The van der Waals surface area contributed by atoms with Crippen LogP contribution in [0.1, 0.15) is 43.6 Å². The quantitative estimate of drug-likeness (QED) is 0.444. The number of hydrogen-bond acceptors (Lipinski definition) is 3. The van der Waals surface area contributed by atoms with Gasteiger partial charge in [-0.1, -0.05) is 18.2 Å². The Morgan fingerprint density at radius 2 is 1.72 bits per heavy atom. The second-order valence-corrected chi connectivity index (χ2v) is 8.75. The zero-order valence-electron chi connectivity index (χ0n) is 18.1. The Hall–Kier alpha value is -3.41. The molecule has 0 aromatic heterocycles. The average Bonchev–Trinajstić information content (AvgIpc) is 2.74. The normalized spacial score (nSPS) is 17.8. The number of allylic oxidation sites excluding steroid dienone is 1. The summed E-state index contributed by atoms with van der Waals surface area (Å²) < 4.78 is 54.0. The van der Waals surface area contributed by atoms with E-state index in [-0.39, 0.29) is 11.1 Å². The van der Waals surface area contributed by atoms with Gasteiger partial charge in [0.1, 0.15) is 11.5 Å². The van der Waals surface area contributed by atoms with Crippen molar-refractivity contribution in [1.29, 1.82) is 0 Å². The van der Waals surface area contributed by atoms with Gasteiger partial charge >= 0.3 is 0 Å². The Morgan fingerprint density at radius 3 is 2.41 bits per heavy atom. The van der Waals surface area contributed by atoms with Crippen LogP contribution in [0.4, 0.5) is 18.9 Å². The van der Waals surface area contributed by atoms with Crippen molar-refractivity contribution in [1.82, 2.24) is 0 Å². The van der Waals surface area contributed by atoms with E-state index >= 15 is 0 Å². The predicted octanol–water partition coefficient (Wildman–Crippen LogP) is 6.87. The van der Waals surface area contributed by atoms with Crippen molar-refractivity contribution in [2.24, 2.45) is 0 Å². The standard InChI is InChI=1S/C26H22F3NO2/c1-13-12-26(2,3)30-18-9-8-15-22-19(31-4)6-5-7-20(22)32-25(23(15)21(13)18)14-10-16(27)24(29)17(28)11-14/h5-12,25,30H,1-4H3. The Balaban J connectivity index is 1.84. The van der Waals surface area contributed by atoms with Gasteiger partial charge in [0.2, 0.25) is 0 Å². The van der Waals surface area contributed by atoms with Gasteiger partial charge in [-0.25, -0.2) is 13.2 Å². The monoisotopic (exact) mass is 437 g/mol. The lowest BCUT2D eigenvalue weighted by molar-refractivity contribution is 0.240. The topological polar surface area (TPSA) is 30.5 Å². The Kier molecular flexibility index (Phi) is 4.52. The fourth-order valence-electron chi connectivity index (χ4n) is 4.83. The summed E-state index contributed by atoms with van der Waals surface area (Å²) in [5.74, 6) is -2.85. The molecule has 0 aliphatic carbocycles. The number of halogens is 3. The lowest BCUT2D eigenvalue weighted by Crippen LogP contribution is -2.32. The third kappa shape index (κ3) is 3.05. The van der Waals surface area contributed by atoms with Crippen LogP contribution in [-0.4, -0.2) is 12.6 Å². The highest BCUT2D eigenvalue weighted by atomic mass is 19.2. The Morgan fingerprint density at radius 1 is 1.00 bits per heavy atom. The van der Waals surface area contributed by atoms with Crippen LogP contribution in [0.15, 0.2) is 48.5 Å². The zero-order chi connectivity index (χ0) is 22.8. The molecule has 0 amide bonds. The SMILES string of the molecule is COc1cccc2c1-c1ccc3c(c1C(c1cc(F)c(F)c(F)c1)O2)C(C)=CC(C)(C)N3. The number of benzene rings is 3. The minimum absolute atomic E-state index is 0.196. The van der Waals surface area contributed by atoms with Gasteiger partial charge in [0.25, 0.3) is 0 Å². The first-order valence-corrected chi connectivity index (χ1v) is 10.3. The van der Waals surface area contributed by atoms with E-state index < -0.39 is 23.6 Å². The molecule has 0 saturated carbocycles. The molecule has 2 heterocycles. The summed E-state index contributed by atoms with van der Waals surface area (Å²) in [6.45, 7) is 6.13. The fourth-order valence-corrected chi connectivity index (χ4v) is 4.83. The smallest absolute Gasteiger partial charge is 0.194 e. The Bertz CT molecular complexity index is 1270. The number of anilines is 1. The van der Waals surface area contributed by atoms with Gasteiger partial charge in [-0.2, -0.15) is 0 Å². The molecule has 2 aliphatic heterocycles. The number of hydrogen-bond donors (Lipinski definition) is 1. The molecule has 164 valence electrons. The molecule has 1 unspecified atom stereocenters. The van der Waals surface area contributed by atoms with Crippen LogP contribution in [0, 0.1) is 17.5 Å². The number of fused-ring (bicyclic) bond motifs is 5. The summed E-state index contributed by atoms with van der Waals surface area (Å²) in [4.78, 5) is 0. The highest BCUT2D eigenvalue weighted by Crippen LogP contribution is 2.53. The van der Waals surface area contributed by atoms with E-state index in [2.05, 4.69) is 25.2 Å². The predicted molar refractivity (Wildman–Crippen MR) is 119 cm³/mol. The van der Waals surface area contributed by atoms with Crippen LogP contribution >= 0.6 is 0 Å². The van der Waals surface area contributed by atoms with Crippen molar-refractivity contribution >= 4 is 11.3 Å². The summed E-state index contributed by atoms with van der Waals surface area (Å²) in [5.41, 5.74) is 5.09. The van der Waals surface area contributed by atoms with E-state index in [0.717, 1.165) is 45.6 Å². The first-order valence-electron chi connectivity index (χ1n) is 10.3. The first-order chi connectivity index (χ1) is 15.2. The minimum atomic E-state index is -1.50. The van der Waals surface area contributed by atoms with E-state index in [1.165, 1.54) is 0 Å². The number of nitrogens with one attached hydrogen (secondary N) is 1. The van der Waals surface area contributed by atoms with E-state index in [1.807, 2.05) is 25.1 Å². The largest absolute Gasteiger partial charge is 0.496 e. The number of ether oxygens (including phenoxy) is 2. The molecular weight excluding hydrogens is 415 g/mol. The summed E-state index contributed by atoms with van der Waals surface area (Å²) >= 11 is 0. The van der Waals surface area contributed by atoms with Crippen molar-refractivity contribution in [3.05, 3.63) is 82.7 Å². The van der Waals surface area contributed by atoms with E-state index in [0.29, 0.717) is 11.5 Å². The first kappa shape index (κ1) is 20.5. The molecule has 1 N–H and O–H groups in total. The second kappa shape index (κ2) is 7.05. The van der Waals surface area contributed by atoms with Gasteiger partial charge in [-0.3, -0.25) is 0 Å². The molecule has 5 rings (SSSR count). The summed E-state index contributed by atoms with van der Waals surface area (Å²) in [5, 5.41) is 3.50. The Labute approximate surface area is 184 Å². The van der Waals surface area contributed by atoms with Crippen molar-refractivity contribution in [2.75, 3.05) is 12.4 Å². The van der Waals surface area contributed by atoms with Gasteiger partial charge in [0.15, 0.2) is 23.6 Å². The molecule has 0 bridgehead atoms. The highest BCUT2D eigenvalue weighted by Gasteiger charge is 2.36. The lowest BCUT2D eigenvalue weighted by atomic mass is 9.80. The average molecular weight is 437 g/mol. The molecular formula is C26H22F3NO2. The summed E-state index contributed by atoms with van der Waals surface area (Å²) in [7, 11) is 1.58. The minimum Gasteiger partial charge on any atom is -0.496 e. The van der Waals surface area contributed by atoms with Crippen molar-refractivity contribution in [3.63, 3.8) is 0 Å². The lowest BCUT2D eigenvalue weighted by Gasteiger charge is -2.37. The molecule has 3 aromatic carbocycles. The molecule has 0 spiro atoms. The highest BCUT2D eigenvalue weighted by molar-refractivity contribution is 5.91. The molecule has 1 atom stereocenters. The fraction of sp³-hybridized carbons (Fsp3) is 0.231. The zero-order valence-corrected chi connectivity index (χ0v) is 18.1. The van der Waals surface area contributed by atoms with Crippen LogP contribution in [0.2, 0.25) is 0 Å². The van der Waals surface area contributed by atoms with Gasteiger partial charge in [0.05, 0.1) is 18.2 Å². The van der Waals surface area contributed by atoms with Gasteiger partial charge in [-0.15, -0.1) is 0 Å². The maximum Gasteiger partial charge on any atom is 0.194 e. The van der Waals surface area contributed by atoms with Crippen LogP contribution in [0.25, 0.3) is 16.7 Å². The molecule has 2 aliphatic rings. The number of rotatable bonds is 2. The van der Waals surface area contributed by atoms with Gasteiger partial charge < -0.3 is 14.8 Å². The van der Waals surface area contributed by atoms with Crippen LogP contribution in [0.3, 0.4) is 0 Å². The summed E-state index contributed by atoms with van der Waals surface area (Å²) in [6, 6.07) is 11.4. The maximum absolute atomic E-state index is 14.2. The molecule has 0 saturated heterocycles. The van der Waals surface area contributed by atoms with Crippen molar-refractivity contribution in [3.8, 4) is 22.6 Å². The van der Waals surface area contributed by atoms with Crippen LogP contribution in [0.5, 0.6) is 11.5 Å². The summed E-state index contributed by atoms with van der Waals surface area (Å²) in [6.07, 6.45) is 1.27. The maximum atomic E-state index is 14.2. The van der Waals surface area contributed by atoms with Crippen molar-refractivity contribution in [2.45, 2.75) is 32.4 Å². The third-order valence-corrected chi connectivity index (χ3v) is 5.97. The second-order valence-electron chi connectivity index (χ2n) is 8.75. The molecule has 32 heavy (non-hydrogen) atoms. The van der Waals surface area contributed by atoms with E-state index in [9.17, 15) is 13.2 Å². The van der Waals surface area contributed by atoms with Crippen LogP contribution < -0.4 is 14.8 Å². The van der Waals surface area contributed by atoms with E-state index in [1.54, 1.807) is 19.2 Å². The molecule has 6 heteroatoms. The molecule has 0 fully saturated rings.